The highest BCUT2D eigenvalue weighted by atomic mass is 32.1. The molecule has 1 aromatic heterocycles. The summed E-state index contributed by atoms with van der Waals surface area (Å²) in [5, 5.41) is 0. The fourth-order valence-electron chi connectivity index (χ4n) is 1.54. The number of carbonyl (C=O) groups is 1. The summed E-state index contributed by atoms with van der Waals surface area (Å²) < 4.78 is 0. The van der Waals surface area contributed by atoms with Crippen molar-refractivity contribution in [3.8, 4) is 0 Å². The summed E-state index contributed by atoms with van der Waals surface area (Å²) in [6.07, 6.45) is 6.74. The Hall–Kier alpha value is -0.630. The van der Waals surface area contributed by atoms with Gasteiger partial charge in [-0.15, -0.1) is 11.3 Å². The summed E-state index contributed by atoms with van der Waals surface area (Å²) in [7, 11) is 0. The van der Waals surface area contributed by atoms with Crippen LogP contribution in [0.1, 0.15) is 53.2 Å². The first-order chi connectivity index (χ1) is 6.81. The van der Waals surface area contributed by atoms with Crippen molar-refractivity contribution in [1.82, 2.24) is 0 Å². The molecule has 0 amide bonds. The Kier molecular flexibility index (Phi) is 4.88. The second-order valence-corrected chi connectivity index (χ2v) is 4.74. The van der Waals surface area contributed by atoms with E-state index in [1.165, 1.54) is 23.3 Å². The third-order valence-electron chi connectivity index (χ3n) is 2.30. The Morgan fingerprint density at radius 3 is 2.64 bits per heavy atom. The van der Waals surface area contributed by atoms with Crippen LogP contribution in [0.4, 0.5) is 0 Å². The van der Waals surface area contributed by atoms with Gasteiger partial charge in [0.15, 0.2) is 6.29 Å². The minimum absolute atomic E-state index is 0.943. The molecule has 0 radical (unpaired) electrons. The minimum atomic E-state index is 0.943. The Morgan fingerprint density at radius 1 is 1.29 bits per heavy atom. The van der Waals surface area contributed by atoms with Crippen molar-refractivity contribution >= 4 is 17.6 Å². The van der Waals surface area contributed by atoms with E-state index in [2.05, 4.69) is 19.9 Å². The van der Waals surface area contributed by atoms with E-state index in [1.807, 2.05) is 0 Å². The van der Waals surface area contributed by atoms with Gasteiger partial charge in [-0.2, -0.15) is 0 Å². The van der Waals surface area contributed by atoms with Crippen LogP contribution in [0.2, 0.25) is 0 Å². The minimum Gasteiger partial charge on any atom is -0.297 e. The zero-order chi connectivity index (χ0) is 10.4. The third-order valence-corrected chi connectivity index (χ3v) is 3.46. The fraction of sp³-hybridized carbons (Fsp3) is 0.583. The zero-order valence-electron chi connectivity index (χ0n) is 9.01. The molecule has 0 saturated heterocycles. The van der Waals surface area contributed by atoms with E-state index in [0.29, 0.717) is 0 Å². The molecule has 1 rings (SSSR count). The Labute approximate surface area is 90.2 Å². The molecule has 0 aliphatic rings. The molecule has 0 aromatic carbocycles. The number of carbonyl (C=O) groups excluding carboxylic acids is 1. The van der Waals surface area contributed by atoms with Crippen LogP contribution in [0.25, 0.3) is 0 Å². The van der Waals surface area contributed by atoms with E-state index in [4.69, 9.17) is 0 Å². The van der Waals surface area contributed by atoms with Crippen LogP contribution in [-0.2, 0) is 12.8 Å². The number of hydrogen-bond acceptors (Lipinski definition) is 2. The molecule has 0 saturated carbocycles. The van der Waals surface area contributed by atoms with Crippen LogP contribution in [-0.4, -0.2) is 6.29 Å². The smallest absolute Gasteiger partial charge is 0.160 e. The van der Waals surface area contributed by atoms with Gasteiger partial charge in [-0.3, -0.25) is 4.79 Å². The van der Waals surface area contributed by atoms with Gasteiger partial charge >= 0.3 is 0 Å². The highest BCUT2D eigenvalue weighted by Crippen LogP contribution is 2.23. The lowest BCUT2D eigenvalue weighted by Gasteiger charge is -1.92. The van der Waals surface area contributed by atoms with E-state index in [9.17, 15) is 4.79 Å². The van der Waals surface area contributed by atoms with Crippen molar-refractivity contribution < 1.29 is 4.79 Å². The van der Waals surface area contributed by atoms with Gasteiger partial charge in [0.1, 0.15) is 0 Å². The van der Waals surface area contributed by atoms with Gasteiger partial charge in [-0.25, -0.2) is 0 Å². The molecule has 0 atom stereocenters. The Bertz CT molecular complexity index is 289. The van der Waals surface area contributed by atoms with Gasteiger partial charge in [-0.05, 0) is 30.9 Å². The van der Waals surface area contributed by atoms with Gasteiger partial charge in [0.2, 0.25) is 0 Å². The maximum atomic E-state index is 10.8. The van der Waals surface area contributed by atoms with Gasteiger partial charge in [-0.1, -0.05) is 26.7 Å². The lowest BCUT2D eigenvalue weighted by molar-refractivity contribution is 0.112. The van der Waals surface area contributed by atoms with Crippen molar-refractivity contribution in [2.24, 2.45) is 0 Å². The Morgan fingerprint density at radius 2 is 2.07 bits per heavy atom. The molecule has 0 spiro atoms. The summed E-state index contributed by atoms with van der Waals surface area (Å²) >= 11 is 1.67. The number of hydrogen-bond donors (Lipinski definition) is 0. The zero-order valence-corrected chi connectivity index (χ0v) is 9.82. The van der Waals surface area contributed by atoms with Crippen LogP contribution in [0.5, 0.6) is 0 Å². The van der Waals surface area contributed by atoms with Gasteiger partial charge in [0, 0.05) is 4.88 Å². The predicted octanol–water partition coefficient (Wildman–Crippen LogP) is 3.86. The predicted molar refractivity (Wildman–Crippen MR) is 62.3 cm³/mol. The van der Waals surface area contributed by atoms with Crippen LogP contribution in [0.15, 0.2) is 6.07 Å². The number of aldehydes is 1. The van der Waals surface area contributed by atoms with Crippen molar-refractivity contribution in [2.75, 3.05) is 0 Å². The van der Waals surface area contributed by atoms with Crippen LogP contribution in [0.3, 0.4) is 0 Å². The summed E-state index contributed by atoms with van der Waals surface area (Å²) in [6.45, 7) is 4.35. The molecular formula is C12H18OS. The monoisotopic (exact) mass is 210 g/mol. The second kappa shape index (κ2) is 5.97. The topological polar surface area (TPSA) is 17.1 Å². The van der Waals surface area contributed by atoms with Crippen LogP contribution >= 0.6 is 11.3 Å². The van der Waals surface area contributed by atoms with Gasteiger partial charge in [0.05, 0.1) is 4.88 Å². The van der Waals surface area contributed by atoms with Crippen molar-refractivity contribution in [3.63, 3.8) is 0 Å². The standard InChI is InChI=1S/C12H18OS/c1-3-5-7-11-8-10(6-4-2)12(9-13)14-11/h8-9H,3-7H2,1-2H3. The van der Waals surface area contributed by atoms with Crippen LogP contribution in [0, 0.1) is 0 Å². The average Bonchev–Trinajstić information content (AvgIpc) is 2.58. The number of unbranched alkanes of at least 4 members (excludes halogenated alkanes) is 1. The molecule has 0 fully saturated rings. The number of aryl methyl sites for hydroxylation is 2. The first-order valence-corrected chi connectivity index (χ1v) is 6.20. The third kappa shape index (κ3) is 2.95. The molecule has 1 nitrogen and oxygen atoms in total. The normalized spacial score (nSPS) is 10.4. The number of thiophene rings is 1. The first-order valence-electron chi connectivity index (χ1n) is 5.38. The molecule has 1 heterocycles. The molecule has 0 N–H and O–H groups in total. The summed E-state index contributed by atoms with van der Waals surface area (Å²) in [5.74, 6) is 0. The van der Waals surface area contributed by atoms with Crippen molar-refractivity contribution in [3.05, 3.63) is 21.4 Å². The SMILES string of the molecule is CCCCc1cc(CCC)c(C=O)s1. The van der Waals surface area contributed by atoms with E-state index in [-0.39, 0.29) is 0 Å². The van der Waals surface area contributed by atoms with Crippen molar-refractivity contribution in [2.45, 2.75) is 46.0 Å². The maximum absolute atomic E-state index is 10.8. The molecule has 0 aliphatic heterocycles. The first kappa shape index (κ1) is 11.4. The molecule has 0 unspecified atom stereocenters. The fourth-order valence-corrected chi connectivity index (χ4v) is 2.61. The van der Waals surface area contributed by atoms with E-state index < -0.39 is 0 Å². The summed E-state index contributed by atoms with van der Waals surface area (Å²) in [6, 6.07) is 2.22. The van der Waals surface area contributed by atoms with Gasteiger partial charge < -0.3 is 0 Å². The lowest BCUT2D eigenvalue weighted by Crippen LogP contribution is -1.84. The largest absolute Gasteiger partial charge is 0.297 e. The summed E-state index contributed by atoms with van der Waals surface area (Å²) in [4.78, 5) is 13.1. The molecule has 0 bridgehead atoms. The average molecular weight is 210 g/mol. The highest BCUT2D eigenvalue weighted by molar-refractivity contribution is 7.13. The molecule has 0 aliphatic carbocycles. The van der Waals surface area contributed by atoms with E-state index in [0.717, 1.165) is 30.4 Å². The molecular weight excluding hydrogens is 192 g/mol. The van der Waals surface area contributed by atoms with E-state index in [1.54, 1.807) is 11.3 Å². The van der Waals surface area contributed by atoms with Crippen LogP contribution < -0.4 is 0 Å². The quantitative estimate of drug-likeness (QED) is 0.652. The van der Waals surface area contributed by atoms with Crippen molar-refractivity contribution in [1.29, 1.82) is 0 Å². The molecule has 78 valence electrons. The van der Waals surface area contributed by atoms with Gasteiger partial charge in [0.25, 0.3) is 0 Å². The lowest BCUT2D eigenvalue weighted by atomic mass is 10.1. The summed E-state index contributed by atoms with van der Waals surface area (Å²) in [5.41, 5.74) is 1.25. The Balaban J connectivity index is 2.72. The molecule has 14 heavy (non-hydrogen) atoms. The number of rotatable bonds is 6. The maximum Gasteiger partial charge on any atom is 0.160 e. The molecule has 1 aromatic rings. The van der Waals surface area contributed by atoms with E-state index >= 15 is 0 Å². The molecule has 2 heteroatoms. The second-order valence-electron chi connectivity index (χ2n) is 3.57. The highest BCUT2D eigenvalue weighted by Gasteiger charge is 2.06.